The Hall–Kier alpha value is -2.69. The highest BCUT2D eigenvalue weighted by Crippen LogP contribution is 2.23. The second-order valence-electron chi connectivity index (χ2n) is 4.91. The molecule has 1 aromatic carbocycles. The smallest absolute Gasteiger partial charge is 0.267 e. The van der Waals surface area contributed by atoms with E-state index in [2.05, 4.69) is 10.3 Å². The molecule has 0 aliphatic rings. The zero-order chi connectivity index (χ0) is 16.1. The lowest BCUT2D eigenvalue weighted by molar-refractivity contribution is 0.0990. The van der Waals surface area contributed by atoms with E-state index in [0.29, 0.717) is 5.56 Å². The van der Waals surface area contributed by atoms with Gasteiger partial charge < -0.3 is 11.1 Å². The van der Waals surface area contributed by atoms with Crippen LogP contribution in [-0.2, 0) is 12.8 Å². The van der Waals surface area contributed by atoms with E-state index in [0.717, 1.165) is 29.7 Å². The van der Waals surface area contributed by atoms with E-state index >= 15 is 0 Å². The average Bonchev–Trinajstić information content (AvgIpc) is 2.55. The number of rotatable bonds is 5. The summed E-state index contributed by atoms with van der Waals surface area (Å²) in [6.45, 7) is 4.10. The number of aromatic nitrogens is 1. The maximum atomic E-state index is 12.4. The molecule has 5 nitrogen and oxygen atoms in total. The van der Waals surface area contributed by atoms with Crippen molar-refractivity contribution in [2.45, 2.75) is 26.7 Å². The first kappa shape index (κ1) is 15.7. The number of benzene rings is 1. The molecule has 0 saturated heterocycles. The van der Waals surface area contributed by atoms with Gasteiger partial charge in [-0.2, -0.15) is 0 Å². The summed E-state index contributed by atoms with van der Waals surface area (Å²) in [5.41, 5.74) is 8.70. The summed E-state index contributed by atoms with van der Waals surface area (Å²) in [4.78, 5) is 27.3. The van der Waals surface area contributed by atoms with Gasteiger partial charge in [0.2, 0.25) is 0 Å². The predicted molar refractivity (Wildman–Crippen MR) is 85.9 cm³/mol. The third-order valence-electron chi connectivity index (χ3n) is 3.52. The Balaban J connectivity index is 2.27. The Kier molecular flexibility index (Phi) is 4.88. The van der Waals surface area contributed by atoms with Crippen LogP contribution in [0.4, 0.5) is 5.69 Å². The number of hydrogen-bond donors (Lipinski definition) is 2. The van der Waals surface area contributed by atoms with Crippen LogP contribution in [0, 0.1) is 0 Å². The maximum absolute atomic E-state index is 12.4. The summed E-state index contributed by atoms with van der Waals surface area (Å²) >= 11 is 0. The summed E-state index contributed by atoms with van der Waals surface area (Å²) in [6, 6.07) is 9.00. The molecule has 1 aromatic heterocycles. The van der Waals surface area contributed by atoms with Gasteiger partial charge in [-0.25, -0.2) is 0 Å². The molecule has 0 unspecified atom stereocenters. The number of anilines is 1. The standard InChI is InChI=1S/C17H19N3O2/c1-3-11-6-5-7-12(4-2)15(11)20-17(22)13-8-9-14(16(18)21)19-10-13/h5-10H,3-4H2,1-2H3,(H2,18,21)(H,20,22). The van der Waals surface area contributed by atoms with Crippen LogP contribution in [0.3, 0.4) is 0 Å². The van der Waals surface area contributed by atoms with Crippen molar-refractivity contribution in [1.82, 2.24) is 4.98 Å². The molecule has 2 amide bonds. The van der Waals surface area contributed by atoms with Crippen LogP contribution >= 0.6 is 0 Å². The van der Waals surface area contributed by atoms with Crippen molar-refractivity contribution in [3.8, 4) is 0 Å². The molecule has 22 heavy (non-hydrogen) atoms. The van der Waals surface area contributed by atoms with Gasteiger partial charge in [-0.3, -0.25) is 14.6 Å². The molecule has 0 aliphatic carbocycles. The lowest BCUT2D eigenvalue weighted by atomic mass is 10.0. The highest BCUT2D eigenvalue weighted by Gasteiger charge is 2.12. The van der Waals surface area contributed by atoms with Gasteiger partial charge in [0.25, 0.3) is 11.8 Å². The number of primary amides is 1. The molecule has 2 rings (SSSR count). The molecule has 3 N–H and O–H groups in total. The summed E-state index contributed by atoms with van der Waals surface area (Å²) < 4.78 is 0. The number of nitrogens with one attached hydrogen (secondary N) is 1. The van der Waals surface area contributed by atoms with E-state index in [1.165, 1.54) is 12.3 Å². The second kappa shape index (κ2) is 6.85. The van der Waals surface area contributed by atoms with E-state index < -0.39 is 5.91 Å². The molecule has 114 valence electrons. The highest BCUT2D eigenvalue weighted by molar-refractivity contribution is 6.05. The first-order valence-corrected chi connectivity index (χ1v) is 7.24. The van der Waals surface area contributed by atoms with Crippen molar-refractivity contribution in [2.24, 2.45) is 5.73 Å². The van der Waals surface area contributed by atoms with Gasteiger partial charge in [-0.1, -0.05) is 32.0 Å². The van der Waals surface area contributed by atoms with Crippen LogP contribution in [0.1, 0.15) is 45.8 Å². The first-order valence-electron chi connectivity index (χ1n) is 7.24. The quantitative estimate of drug-likeness (QED) is 0.889. The largest absolute Gasteiger partial charge is 0.364 e. The van der Waals surface area contributed by atoms with Gasteiger partial charge >= 0.3 is 0 Å². The molecule has 1 heterocycles. The molecule has 0 radical (unpaired) electrons. The minimum absolute atomic E-state index is 0.139. The van der Waals surface area contributed by atoms with E-state index in [-0.39, 0.29) is 11.6 Å². The van der Waals surface area contributed by atoms with Crippen LogP contribution in [0.2, 0.25) is 0 Å². The number of carbonyl (C=O) groups excluding carboxylic acids is 2. The zero-order valence-electron chi connectivity index (χ0n) is 12.7. The van der Waals surface area contributed by atoms with Gasteiger partial charge in [-0.05, 0) is 36.1 Å². The SMILES string of the molecule is CCc1cccc(CC)c1NC(=O)c1ccc(C(N)=O)nc1. The minimum atomic E-state index is -0.614. The Morgan fingerprint density at radius 3 is 2.18 bits per heavy atom. The summed E-state index contributed by atoms with van der Waals surface area (Å²) in [7, 11) is 0. The Bertz CT molecular complexity index is 671. The second-order valence-corrected chi connectivity index (χ2v) is 4.91. The number of nitrogens with two attached hydrogens (primary N) is 1. The van der Waals surface area contributed by atoms with Gasteiger partial charge in [-0.15, -0.1) is 0 Å². The summed E-state index contributed by atoms with van der Waals surface area (Å²) in [5.74, 6) is -0.865. The van der Waals surface area contributed by atoms with Gasteiger partial charge in [0, 0.05) is 11.9 Å². The van der Waals surface area contributed by atoms with Gasteiger partial charge in [0.15, 0.2) is 0 Å². The molecule has 0 fully saturated rings. The highest BCUT2D eigenvalue weighted by atomic mass is 16.2. The molecule has 2 aromatic rings. The maximum Gasteiger partial charge on any atom is 0.267 e. The first-order chi connectivity index (χ1) is 10.6. The molecule has 5 heteroatoms. The Morgan fingerprint density at radius 2 is 1.73 bits per heavy atom. The zero-order valence-corrected chi connectivity index (χ0v) is 12.7. The number of nitrogens with zero attached hydrogens (tertiary/aromatic N) is 1. The lowest BCUT2D eigenvalue weighted by Crippen LogP contribution is -2.17. The molecule has 0 saturated carbocycles. The van der Waals surface area contributed by atoms with Crippen molar-refractivity contribution in [1.29, 1.82) is 0 Å². The van der Waals surface area contributed by atoms with Crippen LogP contribution in [0.5, 0.6) is 0 Å². The predicted octanol–water partition coefficient (Wildman–Crippen LogP) is 2.56. The molecular weight excluding hydrogens is 278 g/mol. The molecular formula is C17H19N3O2. The topological polar surface area (TPSA) is 85.1 Å². The Labute approximate surface area is 129 Å². The van der Waals surface area contributed by atoms with Crippen LogP contribution in [0.15, 0.2) is 36.5 Å². The molecule has 0 spiro atoms. The average molecular weight is 297 g/mol. The molecule has 0 aliphatic heterocycles. The van der Waals surface area contributed by atoms with Crippen LogP contribution in [-0.4, -0.2) is 16.8 Å². The monoisotopic (exact) mass is 297 g/mol. The number of para-hydroxylation sites is 1. The normalized spacial score (nSPS) is 10.3. The third kappa shape index (κ3) is 3.31. The number of amides is 2. The third-order valence-corrected chi connectivity index (χ3v) is 3.52. The number of pyridine rings is 1. The number of carbonyl (C=O) groups is 2. The van der Waals surface area contributed by atoms with E-state index in [1.807, 2.05) is 32.0 Å². The fourth-order valence-electron chi connectivity index (χ4n) is 2.26. The number of hydrogen-bond acceptors (Lipinski definition) is 3. The van der Waals surface area contributed by atoms with Crippen molar-refractivity contribution in [3.63, 3.8) is 0 Å². The Morgan fingerprint density at radius 1 is 1.09 bits per heavy atom. The van der Waals surface area contributed by atoms with Crippen LogP contribution in [0.25, 0.3) is 0 Å². The number of aryl methyl sites for hydroxylation is 2. The summed E-state index contributed by atoms with van der Waals surface area (Å²) in [5, 5.41) is 2.95. The molecule has 0 atom stereocenters. The van der Waals surface area contributed by atoms with Crippen molar-refractivity contribution in [3.05, 3.63) is 58.9 Å². The van der Waals surface area contributed by atoms with Crippen molar-refractivity contribution in [2.75, 3.05) is 5.32 Å². The van der Waals surface area contributed by atoms with E-state index in [4.69, 9.17) is 5.73 Å². The van der Waals surface area contributed by atoms with Crippen molar-refractivity contribution >= 4 is 17.5 Å². The van der Waals surface area contributed by atoms with Crippen LogP contribution < -0.4 is 11.1 Å². The van der Waals surface area contributed by atoms with Gasteiger partial charge in [0.1, 0.15) is 5.69 Å². The van der Waals surface area contributed by atoms with Crippen molar-refractivity contribution < 1.29 is 9.59 Å². The minimum Gasteiger partial charge on any atom is -0.364 e. The molecule has 0 bridgehead atoms. The van der Waals surface area contributed by atoms with E-state index in [9.17, 15) is 9.59 Å². The summed E-state index contributed by atoms with van der Waals surface area (Å²) in [6.07, 6.45) is 3.03. The lowest BCUT2D eigenvalue weighted by Gasteiger charge is -2.14. The fourth-order valence-corrected chi connectivity index (χ4v) is 2.26. The van der Waals surface area contributed by atoms with Gasteiger partial charge in [0.05, 0.1) is 5.56 Å². The fraction of sp³-hybridized carbons (Fsp3) is 0.235. The van der Waals surface area contributed by atoms with E-state index in [1.54, 1.807) is 6.07 Å².